The first-order valence-corrected chi connectivity index (χ1v) is 6.69. The van der Waals surface area contributed by atoms with Crippen LogP contribution in [0.5, 0.6) is 0 Å². The molecule has 19 heavy (non-hydrogen) atoms. The second kappa shape index (κ2) is 6.15. The lowest BCUT2D eigenvalue weighted by Gasteiger charge is -2.14. The fourth-order valence-electron chi connectivity index (χ4n) is 1.72. The number of benzene rings is 1. The smallest absolute Gasteiger partial charge is 0.330 e. The van der Waals surface area contributed by atoms with Gasteiger partial charge in [0.2, 0.25) is 5.91 Å². The van der Waals surface area contributed by atoms with Crippen LogP contribution in [0.1, 0.15) is 17.2 Å². The van der Waals surface area contributed by atoms with Gasteiger partial charge in [0.15, 0.2) is 6.04 Å². The first kappa shape index (κ1) is 13.3. The second-order valence-electron chi connectivity index (χ2n) is 4.06. The van der Waals surface area contributed by atoms with Gasteiger partial charge in [0.05, 0.1) is 6.42 Å². The number of amides is 1. The molecule has 0 radical (unpaired) electrons. The summed E-state index contributed by atoms with van der Waals surface area (Å²) < 4.78 is 0. The van der Waals surface area contributed by atoms with Gasteiger partial charge >= 0.3 is 5.97 Å². The minimum Gasteiger partial charge on any atom is -0.479 e. The number of thiophene rings is 1. The Morgan fingerprint density at radius 3 is 2.53 bits per heavy atom. The Morgan fingerprint density at radius 2 is 1.95 bits per heavy atom. The Balaban J connectivity index is 2.05. The molecule has 0 saturated carbocycles. The summed E-state index contributed by atoms with van der Waals surface area (Å²) in [4.78, 5) is 23.1. The fraction of sp³-hybridized carbons (Fsp3) is 0.143. The van der Waals surface area contributed by atoms with E-state index in [4.69, 9.17) is 0 Å². The van der Waals surface area contributed by atoms with Crippen LogP contribution in [0.4, 0.5) is 0 Å². The SMILES string of the molecule is O=C(Cc1ccsc1)N[C@H](C(=O)O)c1ccccc1. The number of rotatable bonds is 5. The van der Waals surface area contributed by atoms with E-state index in [0.29, 0.717) is 5.56 Å². The normalized spacial score (nSPS) is 11.8. The summed E-state index contributed by atoms with van der Waals surface area (Å²) in [6, 6.07) is 9.50. The summed E-state index contributed by atoms with van der Waals surface area (Å²) in [6.07, 6.45) is 0.195. The van der Waals surface area contributed by atoms with E-state index >= 15 is 0 Å². The highest BCUT2D eigenvalue weighted by molar-refractivity contribution is 7.07. The van der Waals surface area contributed by atoms with Crippen molar-refractivity contribution in [1.29, 1.82) is 0 Å². The molecule has 0 aliphatic rings. The molecule has 1 heterocycles. The van der Waals surface area contributed by atoms with E-state index in [1.165, 1.54) is 11.3 Å². The van der Waals surface area contributed by atoms with Crippen molar-refractivity contribution in [1.82, 2.24) is 5.32 Å². The average Bonchev–Trinajstić information content (AvgIpc) is 2.89. The molecule has 0 spiro atoms. The van der Waals surface area contributed by atoms with E-state index in [0.717, 1.165) is 5.56 Å². The average molecular weight is 275 g/mol. The molecule has 2 rings (SSSR count). The Morgan fingerprint density at radius 1 is 1.21 bits per heavy atom. The summed E-state index contributed by atoms with van der Waals surface area (Å²) in [6.45, 7) is 0. The highest BCUT2D eigenvalue weighted by Gasteiger charge is 2.21. The summed E-state index contributed by atoms with van der Waals surface area (Å²) in [5.74, 6) is -1.36. The maximum atomic E-state index is 11.8. The third-order valence-electron chi connectivity index (χ3n) is 2.63. The molecule has 2 aromatic rings. The van der Waals surface area contributed by atoms with Crippen molar-refractivity contribution in [2.75, 3.05) is 0 Å². The standard InChI is InChI=1S/C14H13NO3S/c16-12(8-10-6-7-19-9-10)15-13(14(17)18)11-4-2-1-3-5-11/h1-7,9,13H,8H2,(H,15,16)(H,17,18)/t13-/m0/s1. The van der Waals surface area contributed by atoms with Gasteiger partial charge in [0.1, 0.15) is 0 Å². The molecular formula is C14H13NO3S. The Labute approximate surface area is 114 Å². The lowest BCUT2D eigenvalue weighted by molar-refractivity contribution is -0.141. The highest BCUT2D eigenvalue weighted by Crippen LogP contribution is 2.13. The van der Waals surface area contributed by atoms with Crippen LogP contribution in [0.3, 0.4) is 0 Å². The molecule has 2 N–H and O–H groups in total. The lowest BCUT2D eigenvalue weighted by atomic mass is 10.1. The lowest BCUT2D eigenvalue weighted by Crippen LogP contribution is -2.34. The number of hydrogen-bond acceptors (Lipinski definition) is 3. The van der Waals surface area contributed by atoms with Crippen LogP contribution in [0.15, 0.2) is 47.2 Å². The topological polar surface area (TPSA) is 66.4 Å². The van der Waals surface area contributed by atoms with E-state index in [1.54, 1.807) is 30.3 Å². The number of carboxylic acid groups (broad SMARTS) is 1. The molecule has 0 aliphatic heterocycles. The largest absolute Gasteiger partial charge is 0.479 e. The first-order chi connectivity index (χ1) is 9.16. The molecule has 1 amide bonds. The van der Waals surface area contributed by atoms with Crippen LogP contribution in [-0.4, -0.2) is 17.0 Å². The minimum absolute atomic E-state index is 0.195. The quantitative estimate of drug-likeness (QED) is 0.879. The van der Waals surface area contributed by atoms with Crippen molar-refractivity contribution in [2.24, 2.45) is 0 Å². The van der Waals surface area contributed by atoms with Crippen LogP contribution in [0.2, 0.25) is 0 Å². The summed E-state index contributed by atoms with van der Waals surface area (Å²) in [5.41, 5.74) is 1.45. The predicted octanol–water partition coefficient (Wildman–Crippen LogP) is 2.23. The number of nitrogens with one attached hydrogen (secondary N) is 1. The Hall–Kier alpha value is -2.14. The summed E-state index contributed by atoms with van der Waals surface area (Å²) in [7, 11) is 0. The Kier molecular flexibility index (Phi) is 4.30. The number of carbonyl (C=O) groups excluding carboxylic acids is 1. The van der Waals surface area contributed by atoms with Crippen molar-refractivity contribution in [3.8, 4) is 0 Å². The van der Waals surface area contributed by atoms with E-state index in [2.05, 4.69) is 5.32 Å². The van der Waals surface area contributed by atoms with Gasteiger partial charge in [0.25, 0.3) is 0 Å². The number of carbonyl (C=O) groups is 2. The molecule has 0 aliphatic carbocycles. The third kappa shape index (κ3) is 3.66. The molecule has 1 aromatic heterocycles. The molecule has 5 heteroatoms. The zero-order valence-electron chi connectivity index (χ0n) is 10.1. The molecule has 98 valence electrons. The van der Waals surface area contributed by atoms with Gasteiger partial charge < -0.3 is 10.4 Å². The number of hydrogen-bond donors (Lipinski definition) is 2. The van der Waals surface area contributed by atoms with Crippen molar-refractivity contribution in [3.63, 3.8) is 0 Å². The van der Waals surface area contributed by atoms with Gasteiger partial charge in [-0.1, -0.05) is 30.3 Å². The molecular weight excluding hydrogens is 262 g/mol. The summed E-state index contributed by atoms with van der Waals surface area (Å²) in [5, 5.41) is 15.5. The van der Waals surface area contributed by atoms with E-state index in [9.17, 15) is 14.7 Å². The van der Waals surface area contributed by atoms with Gasteiger partial charge in [0, 0.05) is 0 Å². The molecule has 4 nitrogen and oxygen atoms in total. The Bertz CT molecular complexity index is 551. The van der Waals surface area contributed by atoms with Crippen molar-refractivity contribution in [3.05, 3.63) is 58.3 Å². The molecule has 0 unspecified atom stereocenters. The minimum atomic E-state index is -1.06. The van der Waals surface area contributed by atoms with Gasteiger partial charge in [-0.3, -0.25) is 4.79 Å². The third-order valence-corrected chi connectivity index (χ3v) is 3.36. The number of aliphatic carboxylic acids is 1. The zero-order valence-corrected chi connectivity index (χ0v) is 10.9. The van der Waals surface area contributed by atoms with Crippen molar-refractivity contribution < 1.29 is 14.7 Å². The van der Waals surface area contributed by atoms with Crippen molar-refractivity contribution in [2.45, 2.75) is 12.5 Å². The molecule has 0 fully saturated rings. The second-order valence-corrected chi connectivity index (χ2v) is 4.84. The monoisotopic (exact) mass is 275 g/mol. The van der Waals surface area contributed by atoms with Crippen LogP contribution in [0.25, 0.3) is 0 Å². The molecule has 1 atom stereocenters. The fourth-order valence-corrected chi connectivity index (χ4v) is 2.39. The molecule has 0 bridgehead atoms. The van der Waals surface area contributed by atoms with E-state index in [-0.39, 0.29) is 12.3 Å². The molecule has 0 saturated heterocycles. The van der Waals surface area contributed by atoms with E-state index < -0.39 is 12.0 Å². The van der Waals surface area contributed by atoms with Crippen LogP contribution >= 0.6 is 11.3 Å². The van der Waals surface area contributed by atoms with Gasteiger partial charge in [-0.15, -0.1) is 0 Å². The van der Waals surface area contributed by atoms with E-state index in [1.807, 2.05) is 16.8 Å². The maximum absolute atomic E-state index is 11.8. The van der Waals surface area contributed by atoms with Gasteiger partial charge in [-0.05, 0) is 28.0 Å². The molecule has 1 aromatic carbocycles. The zero-order chi connectivity index (χ0) is 13.7. The van der Waals surface area contributed by atoms with Gasteiger partial charge in [-0.2, -0.15) is 11.3 Å². The highest BCUT2D eigenvalue weighted by atomic mass is 32.1. The van der Waals surface area contributed by atoms with Crippen LogP contribution < -0.4 is 5.32 Å². The van der Waals surface area contributed by atoms with Crippen LogP contribution in [0, 0.1) is 0 Å². The maximum Gasteiger partial charge on any atom is 0.330 e. The van der Waals surface area contributed by atoms with Gasteiger partial charge in [-0.25, -0.2) is 4.79 Å². The number of carboxylic acids is 1. The van der Waals surface area contributed by atoms with Crippen molar-refractivity contribution >= 4 is 23.2 Å². The summed E-state index contributed by atoms with van der Waals surface area (Å²) >= 11 is 1.51. The predicted molar refractivity (Wildman–Crippen MR) is 73.0 cm³/mol. The van der Waals surface area contributed by atoms with Crippen LogP contribution in [-0.2, 0) is 16.0 Å². The first-order valence-electron chi connectivity index (χ1n) is 5.75.